The molecule has 4 N–H and O–H groups in total. The van der Waals surface area contributed by atoms with E-state index in [-0.39, 0.29) is 0 Å². The van der Waals surface area contributed by atoms with E-state index in [1.165, 1.54) is 5.56 Å². The lowest BCUT2D eigenvalue weighted by Crippen LogP contribution is -2.00. The molecule has 0 saturated carbocycles. The van der Waals surface area contributed by atoms with Crippen molar-refractivity contribution in [2.24, 2.45) is 0 Å². The second-order valence-electron chi connectivity index (χ2n) is 3.73. The Morgan fingerprint density at radius 2 is 1.69 bits per heavy atom. The number of hydrogen-bond donors (Lipinski definition) is 2. The average molecular weight is 277 g/mol. The molecule has 0 radical (unpaired) electrons. The predicted octanol–water partition coefficient (Wildman–Crippen LogP) is 3.20. The van der Waals surface area contributed by atoms with Crippen LogP contribution in [0.2, 0.25) is 0 Å². The van der Waals surface area contributed by atoms with Gasteiger partial charge in [-0.3, -0.25) is 0 Å². The van der Waals surface area contributed by atoms with Gasteiger partial charge in [-0.05, 0) is 29.7 Å². The van der Waals surface area contributed by atoms with E-state index in [2.05, 4.69) is 28.1 Å². The lowest BCUT2D eigenvalue weighted by atomic mass is 10.0. The minimum absolute atomic E-state index is 0.625. The van der Waals surface area contributed by atoms with Gasteiger partial charge in [-0.25, -0.2) is 0 Å². The van der Waals surface area contributed by atoms with E-state index in [9.17, 15) is 0 Å². The Bertz CT molecular complexity index is 495. The first-order chi connectivity index (χ1) is 7.66. The summed E-state index contributed by atoms with van der Waals surface area (Å²) in [4.78, 5) is 0. The fraction of sp³-hybridized carbons (Fsp3) is 0.0769. The summed E-state index contributed by atoms with van der Waals surface area (Å²) >= 11 is 3.42. The standard InChI is InChI=1S/C13H13BrN2/c14-11-7-10(13(16)12(15)8-11)6-9-4-2-1-3-5-9/h1-5,7-8H,6,15-16H2. The zero-order valence-electron chi connectivity index (χ0n) is 8.78. The summed E-state index contributed by atoms with van der Waals surface area (Å²) in [6, 6.07) is 14.0. The number of nitrogen functional groups attached to an aromatic ring is 2. The van der Waals surface area contributed by atoms with E-state index < -0.39 is 0 Å². The van der Waals surface area contributed by atoms with E-state index in [0.717, 1.165) is 16.5 Å². The molecule has 2 nitrogen and oxygen atoms in total. The van der Waals surface area contributed by atoms with Crippen LogP contribution >= 0.6 is 15.9 Å². The largest absolute Gasteiger partial charge is 0.397 e. The molecule has 0 aliphatic heterocycles. The van der Waals surface area contributed by atoms with Gasteiger partial charge < -0.3 is 11.5 Å². The van der Waals surface area contributed by atoms with Crippen LogP contribution in [0.1, 0.15) is 11.1 Å². The maximum Gasteiger partial charge on any atom is 0.0584 e. The van der Waals surface area contributed by atoms with Crippen LogP contribution in [0.5, 0.6) is 0 Å². The number of rotatable bonds is 2. The maximum absolute atomic E-state index is 5.95. The van der Waals surface area contributed by atoms with Crippen molar-refractivity contribution in [3.05, 3.63) is 58.1 Å². The number of nitrogens with two attached hydrogens (primary N) is 2. The Balaban J connectivity index is 2.35. The van der Waals surface area contributed by atoms with Crippen molar-refractivity contribution in [2.45, 2.75) is 6.42 Å². The Hall–Kier alpha value is -1.48. The monoisotopic (exact) mass is 276 g/mol. The number of halogens is 1. The third-order valence-electron chi connectivity index (χ3n) is 2.50. The summed E-state index contributed by atoms with van der Waals surface area (Å²) in [6.07, 6.45) is 0.802. The summed E-state index contributed by atoms with van der Waals surface area (Å²) in [7, 11) is 0. The summed E-state index contributed by atoms with van der Waals surface area (Å²) in [5.41, 5.74) is 15.4. The molecule has 0 aliphatic carbocycles. The molecule has 0 spiro atoms. The second-order valence-corrected chi connectivity index (χ2v) is 4.65. The third kappa shape index (κ3) is 2.36. The van der Waals surface area contributed by atoms with Crippen molar-refractivity contribution < 1.29 is 0 Å². The van der Waals surface area contributed by atoms with Crippen molar-refractivity contribution in [2.75, 3.05) is 11.5 Å². The SMILES string of the molecule is Nc1cc(Br)cc(Cc2ccccc2)c1N. The lowest BCUT2D eigenvalue weighted by Gasteiger charge is -2.09. The van der Waals surface area contributed by atoms with E-state index in [1.54, 1.807) is 0 Å². The van der Waals surface area contributed by atoms with Crippen LogP contribution in [0, 0.1) is 0 Å². The van der Waals surface area contributed by atoms with Gasteiger partial charge in [-0.2, -0.15) is 0 Å². The van der Waals surface area contributed by atoms with E-state index >= 15 is 0 Å². The highest BCUT2D eigenvalue weighted by atomic mass is 79.9. The highest BCUT2D eigenvalue weighted by molar-refractivity contribution is 9.10. The molecule has 0 aliphatic rings. The van der Waals surface area contributed by atoms with Crippen LogP contribution in [0.25, 0.3) is 0 Å². The number of hydrogen-bond acceptors (Lipinski definition) is 2. The molecule has 2 aromatic carbocycles. The van der Waals surface area contributed by atoms with E-state index in [0.29, 0.717) is 11.4 Å². The van der Waals surface area contributed by atoms with Crippen molar-refractivity contribution in [3.63, 3.8) is 0 Å². The van der Waals surface area contributed by atoms with Crippen molar-refractivity contribution >= 4 is 27.3 Å². The van der Waals surface area contributed by atoms with Gasteiger partial charge in [0.2, 0.25) is 0 Å². The zero-order valence-corrected chi connectivity index (χ0v) is 10.4. The van der Waals surface area contributed by atoms with E-state index in [1.807, 2.05) is 30.3 Å². The Labute approximate surface area is 103 Å². The smallest absolute Gasteiger partial charge is 0.0584 e. The van der Waals surface area contributed by atoms with Gasteiger partial charge in [0, 0.05) is 4.47 Å². The van der Waals surface area contributed by atoms with Crippen LogP contribution in [0.4, 0.5) is 11.4 Å². The number of anilines is 2. The lowest BCUT2D eigenvalue weighted by molar-refractivity contribution is 1.19. The van der Waals surface area contributed by atoms with Crippen molar-refractivity contribution in [1.82, 2.24) is 0 Å². The fourth-order valence-corrected chi connectivity index (χ4v) is 2.18. The summed E-state index contributed by atoms with van der Waals surface area (Å²) in [6.45, 7) is 0. The Morgan fingerprint density at radius 3 is 2.38 bits per heavy atom. The molecule has 0 saturated heterocycles. The van der Waals surface area contributed by atoms with Crippen LogP contribution in [0.3, 0.4) is 0 Å². The van der Waals surface area contributed by atoms with E-state index in [4.69, 9.17) is 11.5 Å². The quantitative estimate of drug-likeness (QED) is 0.828. The fourth-order valence-electron chi connectivity index (χ4n) is 1.66. The molecule has 82 valence electrons. The molecular weight excluding hydrogens is 264 g/mol. The highest BCUT2D eigenvalue weighted by Crippen LogP contribution is 2.27. The van der Waals surface area contributed by atoms with Gasteiger partial charge in [0.1, 0.15) is 0 Å². The molecule has 2 aromatic rings. The van der Waals surface area contributed by atoms with Crippen LogP contribution < -0.4 is 11.5 Å². The Kier molecular flexibility index (Phi) is 3.15. The normalized spacial score (nSPS) is 10.3. The van der Waals surface area contributed by atoms with Crippen molar-refractivity contribution in [3.8, 4) is 0 Å². The molecule has 16 heavy (non-hydrogen) atoms. The molecule has 0 heterocycles. The zero-order chi connectivity index (χ0) is 11.5. The minimum atomic E-state index is 0.625. The number of benzene rings is 2. The van der Waals surface area contributed by atoms with Gasteiger partial charge in [0.15, 0.2) is 0 Å². The van der Waals surface area contributed by atoms with Crippen LogP contribution in [-0.4, -0.2) is 0 Å². The molecule has 0 atom stereocenters. The molecule has 0 fully saturated rings. The topological polar surface area (TPSA) is 52.0 Å². The molecule has 3 heteroatoms. The van der Waals surface area contributed by atoms with Gasteiger partial charge in [-0.15, -0.1) is 0 Å². The molecule has 2 rings (SSSR count). The van der Waals surface area contributed by atoms with Gasteiger partial charge >= 0.3 is 0 Å². The van der Waals surface area contributed by atoms with Gasteiger partial charge in [-0.1, -0.05) is 46.3 Å². The predicted molar refractivity (Wildman–Crippen MR) is 72.2 cm³/mol. The van der Waals surface area contributed by atoms with Crippen LogP contribution in [-0.2, 0) is 6.42 Å². The average Bonchev–Trinajstić information content (AvgIpc) is 2.27. The molecule has 0 bridgehead atoms. The first-order valence-corrected chi connectivity index (χ1v) is 5.83. The first-order valence-electron chi connectivity index (χ1n) is 5.04. The summed E-state index contributed by atoms with van der Waals surface area (Å²) in [5, 5.41) is 0. The Morgan fingerprint density at radius 1 is 1.00 bits per heavy atom. The van der Waals surface area contributed by atoms with Crippen molar-refractivity contribution in [1.29, 1.82) is 0 Å². The second kappa shape index (κ2) is 4.58. The first kappa shape index (κ1) is 11.0. The van der Waals surface area contributed by atoms with Crippen LogP contribution in [0.15, 0.2) is 46.9 Å². The maximum atomic E-state index is 5.95. The summed E-state index contributed by atoms with van der Waals surface area (Å²) < 4.78 is 0.963. The highest BCUT2D eigenvalue weighted by Gasteiger charge is 2.05. The third-order valence-corrected chi connectivity index (χ3v) is 2.96. The molecule has 0 aromatic heterocycles. The minimum Gasteiger partial charge on any atom is -0.397 e. The van der Waals surface area contributed by atoms with Gasteiger partial charge in [0.25, 0.3) is 0 Å². The molecule has 0 unspecified atom stereocenters. The van der Waals surface area contributed by atoms with Gasteiger partial charge in [0.05, 0.1) is 11.4 Å². The molecule has 0 amide bonds. The molecular formula is C13H13BrN2. The summed E-state index contributed by atoms with van der Waals surface area (Å²) in [5.74, 6) is 0.